The normalized spacial score (nSPS) is 27.3. The first-order chi connectivity index (χ1) is 6.35. The van der Waals surface area contributed by atoms with Crippen molar-refractivity contribution >= 4 is 23.3 Å². The number of aromatic nitrogens is 2. The van der Waals surface area contributed by atoms with Crippen LogP contribution < -0.4 is 0 Å². The Balaban J connectivity index is 2.11. The smallest absolute Gasteiger partial charge is 0.108 e. The second-order valence-corrected chi connectivity index (χ2v) is 5.22. The van der Waals surface area contributed by atoms with Gasteiger partial charge in [-0.25, -0.2) is 0 Å². The lowest BCUT2D eigenvalue weighted by molar-refractivity contribution is 0.661. The lowest BCUT2D eigenvalue weighted by Crippen LogP contribution is -2.21. The van der Waals surface area contributed by atoms with Crippen LogP contribution in [-0.2, 0) is 6.42 Å². The predicted octanol–water partition coefficient (Wildman–Crippen LogP) is 1.87. The standard InChI is InChI=1S/C8H9N3S2/c9-6-8(2-1-3-12-8)4-7-5-13-11-10-7/h5H,1-4H2. The fourth-order valence-corrected chi connectivity index (χ4v) is 3.25. The first-order valence-electron chi connectivity index (χ1n) is 4.16. The lowest BCUT2D eigenvalue weighted by atomic mass is 9.99. The molecule has 1 aliphatic rings. The second kappa shape index (κ2) is 3.64. The van der Waals surface area contributed by atoms with E-state index in [1.807, 2.05) is 5.38 Å². The highest BCUT2D eigenvalue weighted by Crippen LogP contribution is 2.39. The van der Waals surface area contributed by atoms with E-state index in [1.54, 1.807) is 11.8 Å². The fraction of sp³-hybridized carbons (Fsp3) is 0.625. The molecule has 0 aliphatic carbocycles. The molecule has 1 saturated heterocycles. The Labute approximate surface area is 85.3 Å². The molecule has 0 radical (unpaired) electrons. The SMILES string of the molecule is N#CC1(Cc2csnn2)CCCS1. The monoisotopic (exact) mass is 211 g/mol. The number of hydrogen-bond donors (Lipinski definition) is 0. The zero-order valence-corrected chi connectivity index (χ0v) is 8.70. The highest BCUT2D eigenvalue weighted by Gasteiger charge is 2.35. The molecule has 0 aromatic carbocycles. The van der Waals surface area contributed by atoms with E-state index in [-0.39, 0.29) is 4.75 Å². The summed E-state index contributed by atoms with van der Waals surface area (Å²) in [7, 11) is 0. The highest BCUT2D eigenvalue weighted by molar-refractivity contribution is 8.01. The van der Waals surface area contributed by atoms with E-state index in [4.69, 9.17) is 5.26 Å². The zero-order valence-electron chi connectivity index (χ0n) is 7.06. The minimum Gasteiger partial charge on any atom is -0.197 e. The molecule has 1 atom stereocenters. The average Bonchev–Trinajstić information content (AvgIpc) is 2.77. The summed E-state index contributed by atoms with van der Waals surface area (Å²) in [5, 5.41) is 15.0. The van der Waals surface area contributed by atoms with Crippen LogP contribution in [0.1, 0.15) is 18.5 Å². The van der Waals surface area contributed by atoms with Crippen LogP contribution in [0.25, 0.3) is 0 Å². The molecule has 1 aromatic heterocycles. The molecule has 0 spiro atoms. The number of rotatable bonds is 2. The summed E-state index contributed by atoms with van der Waals surface area (Å²) >= 11 is 3.12. The number of hydrogen-bond acceptors (Lipinski definition) is 5. The molecule has 0 bridgehead atoms. The van der Waals surface area contributed by atoms with E-state index < -0.39 is 0 Å². The molecular weight excluding hydrogens is 202 g/mol. The molecule has 1 aliphatic heterocycles. The van der Waals surface area contributed by atoms with Crippen molar-refractivity contribution in [2.45, 2.75) is 24.0 Å². The van der Waals surface area contributed by atoms with Gasteiger partial charge in [-0.2, -0.15) is 5.26 Å². The van der Waals surface area contributed by atoms with E-state index >= 15 is 0 Å². The van der Waals surface area contributed by atoms with Crippen molar-refractivity contribution in [3.63, 3.8) is 0 Å². The minimum atomic E-state index is -0.213. The molecule has 0 N–H and O–H groups in total. The van der Waals surface area contributed by atoms with Crippen LogP contribution in [0.4, 0.5) is 0 Å². The highest BCUT2D eigenvalue weighted by atomic mass is 32.2. The maximum atomic E-state index is 9.10. The number of nitriles is 1. The quantitative estimate of drug-likeness (QED) is 0.749. The Kier molecular flexibility index (Phi) is 2.51. The topological polar surface area (TPSA) is 49.6 Å². The van der Waals surface area contributed by atoms with Crippen LogP contribution in [0.15, 0.2) is 5.38 Å². The minimum absolute atomic E-state index is 0.213. The van der Waals surface area contributed by atoms with Crippen molar-refractivity contribution < 1.29 is 0 Å². The Morgan fingerprint density at radius 2 is 2.62 bits per heavy atom. The first kappa shape index (κ1) is 8.97. The largest absolute Gasteiger partial charge is 0.197 e. The molecule has 0 saturated carbocycles. The van der Waals surface area contributed by atoms with Gasteiger partial charge in [-0.3, -0.25) is 0 Å². The molecule has 13 heavy (non-hydrogen) atoms. The summed E-state index contributed by atoms with van der Waals surface area (Å²) in [6.45, 7) is 0. The van der Waals surface area contributed by atoms with Gasteiger partial charge in [0.25, 0.3) is 0 Å². The van der Waals surface area contributed by atoms with Gasteiger partial charge in [0.1, 0.15) is 4.75 Å². The van der Waals surface area contributed by atoms with Gasteiger partial charge in [0, 0.05) is 11.8 Å². The second-order valence-electron chi connectivity index (χ2n) is 3.13. The van der Waals surface area contributed by atoms with Gasteiger partial charge < -0.3 is 0 Å². The summed E-state index contributed by atoms with van der Waals surface area (Å²) in [5.74, 6) is 1.10. The fourth-order valence-electron chi connectivity index (χ4n) is 1.52. The molecule has 1 aromatic rings. The van der Waals surface area contributed by atoms with Crippen molar-refractivity contribution in [2.75, 3.05) is 5.75 Å². The third kappa shape index (κ3) is 1.84. The molecule has 1 unspecified atom stereocenters. The van der Waals surface area contributed by atoms with Gasteiger partial charge in [-0.1, -0.05) is 4.49 Å². The van der Waals surface area contributed by atoms with E-state index in [2.05, 4.69) is 15.7 Å². The van der Waals surface area contributed by atoms with Gasteiger partial charge in [-0.05, 0) is 30.1 Å². The van der Waals surface area contributed by atoms with Crippen LogP contribution >= 0.6 is 23.3 Å². The van der Waals surface area contributed by atoms with Crippen LogP contribution in [-0.4, -0.2) is 20.1 Å². The molecular formula is C8H9N3S2. The third-order valence-corrected chi connectivity index (χ3v) is 4.22. The van der Waals surface area contributed by atoms with Crippen molar-refractivity contribution in [1.82, 2.24) is 9.59 Å². The maximum absolute atomic E-state index is 9.10. The molecule has 2 rings (SSSR count). The molecule has 68 valence electrons. The Morgan fingerprint density at radius 1 is 1.69 bits per heavy atom. The molecule has 5 heteroatoms. The van der Waals surface area contributed by atoms with Crippen molar-refractivity contribution in [1.29, 1.82) is 5.26 Å². The Hall–Kier alpha value is -0.600. The van der Waals surface area contributed by atoms with Crippen LogP contribution in [0.2, 0.25) is 0 Å². The third-order valence-electron chi connectivity index (χ3n) is 2.18. The van der Waals surface area contributed by atoms with Crippen molar-refractivity contribution in [3.05, 3.63) is 11.1 Å². The van der Waals surface area contributed by atoms with Gasteiger partial charge in [-0.15, -0.1) is 16.9 Å². The maximum Gasteiger partial charge on any atom is 0.108 e. The average molecular weight is 211 g/mol. The number of thioether (sulfide) groups is 1. The molecule has 0 amide bonds. The van der Waals surface area contributed by atoms with E-state index in [1.165, 1.54) is 11.5 Å². The van der Waals surface area contributed by atoms with E-state index in [9.17, 15) is 0 Å². The molecule has 1 fully saturated rings. The van der Waals surface area contributed by atoms with Gasteiger partial charge >= 0.3 is 0 Å². The summed E-state index contributed by atoms with van der Waals surface area (Å²) in [4.78, 5) is 0. The van der Waals surface area contributed by atoms with Crippen LogP contribution in [0, 0.1) is 11.3 Å². The van der Waals surface area contributed by atoms with Crippen LogP contribution in [0.5, 0.6) is 0 Å². The molecule has 3 nitrogen and oxygen atoms in total. The summed E-state index contributed by atoms with van der Waals surface area (Å²) < 4.78 is 3.59. The van der Waals surface area contributed by atoms with Crippen LogP contribution in [0.3, 0.4) is 0 Å². The number of nitrogens with zero attached hydrogens (tertiary/aromatic N) is 3. The summed E-state index contributed by atoms with van der Waals surface area (Å²) in [6, 6.07) is 2.42. The van der Waals surface area contributed by atoms with Gasteiger partial charge in [0.2, 0.25) is 0 Å². The summed E-state index contributed by atoms with van der Waals surface area (Å²) in [5.41, 5.74) is 0.959. The van der Waals surface area contributed by atoms with Gasteiger partial charge in [0.15, 0.2) is 0 Å². The van der Waals surface area contributed by atoms with Crippen molar-refractivity contribution in [2.24, 2.45) is 0 Å². The van der Waals surface area contributed by atoms with E-state index in [0.717, 1.165) is 30.7 Å². The zero-order chi connectivity index (χ0) is 9.15. The first-order valence-corrected chi connectivity index (χ1v) is 5.98. The van der Waals surface area contributed by atoms with Gasteiger partial charge in [0.05, 0.1) is 11.8 Å². The van der Waals surface area contributed by atoms with Crippen molar-refractivity contribution in [3.8, 4) is 6.07 Å². The van der Waals surface area contributed by atoms with E-state index in [0.29, 0.717) is 0 Å². The summed E-state index contributed by atoms with van der Waals surface area (Å²) in [6.07, 6.45) is 2.89. The predicted molar refractivity (Wildman–Crippen MR) is 53.6 cm³/mol. The lowest BCUT2D eigenvalue weighted by Gasteiger charge is -2.16. The Bertz CT molecular complexity index is 309. The Morgan fingerprint density at radius 3 is 3.15 bits per heavy atom. The molecule has 2 heterocycles.